The molecule has 0 aliphatic carbocycles. The molecule has 29 heavy (non-hydrogen) atoms. The van der Waals surface area contributed by atoms with Crippen LogP contribution in [-0.4, -0.2) is 42.0 Å². The van der Waals surface area contributed by atoms with E-state index in [1.165, 1.54) is 5.56 Å². The summed E-state index contributed by atoms with van der Waals surface area (Å²) in [7, 11) is 3.21. The Balaban J connectivity index is 1.53. The van der Waals surface area contributed by atoms with Crippen molar-refractivity contribution in [2.24, 2.45) is 0 Å². The van der Waals surface area contributed by atoms with E-state index in [-0.39, 0.29) is 5.56 Å². The first-order valence-corrected chi connectivity index (χ1v) is 9.76. The van der Waals surface area contributed by atoms with Crippen LogP contribution < -0.4 is 15.0 Å². The van der Waals surface area contributed by atoms with Crippen molar-refractivity contribution in [1.82, 2.24) is 14.7 Å². The number of benzene rings is 2. The molecular weight excluding hydrogens is 366 g/mol. The van der Waals surface area contributed by atoms with Crippen LogP contribution in [-0.2, 0) is 6.67 Å². The van der Waals surface area contributed by atoms with Crippen molar-refractivity contribution in [3.63, 3.8) is 0 Å². The monoisotopic (exact) mass is 391 g/mol. The Morgan fingerprint density at radius 3 is 2.55 bits per heavy atom. The Kier molecular flexibility index (Phi) is 5.62. The average Bonchev–Trinajstić information content (AvgIpc) is 3.24. The lowest BCUT2D eigenvalue weighted by atomic mass is 9.99. The van der Waals surface area contributed by atoms with Gasteiger partial charge in [-0.2, -0.15) is 5.10 Å². The molecule has 2 aromatic carbocycles. The highest BCUT2D eigenvalue weighted by molar-refractivity contribution is 5.63. The van der Waals surface area contributed by atoms with Crippen molar-refractivity contribution >= 4 is 0 Å². The maximum Gasteiger partial charge on any atom is 0.268 e. The zero-order chi connectivity index (χ0) is 20.2. The van der Waals surface area contributed by atoms with Crippen LogP contribution in [0.5, 0.6) is 11.5 Å². The smallest absolute Gasteiger partial charge is 0.268 e. The van der Waals surface area contributed by atoms with E-state index in [1.807, 2.05) is 24.3 Å². The molecule has 1 saturated heterocycles. The van der Waals surface area contributed by atoms with Gasteiger partial charge in [-0.15, -0.1) is 0 Å². The van der Waals surface area contributed by atoms with Gasteiger partial charge in [-0.25, -0.2) is 4.68 Å². The summed E-state index contributed by atoms with van der Waals surface area (Å²) in [4.78, 5) is 14.7. The summed E-state index contributed by atoms with van der Waals surface area (Å²) < 4.78 is 12.2. The third-order valence-electron chi connectivity index (χ3n) is 5.42. The molecule has 3 aromatic rings. The Bertz CT molecular complexity index is 1030. The second kappa shape index (κ2) is 8.49. The van der Waals surface area contributed by atoms with Crippen LogP contribution in [0.15, 0.2) is 65.5 Å². The van der Waals surface area contributed by atoms with Crippen molar-refractivity contribution in [2.75, 3.05) is 27.3 Å². The minimum absolute atomic E-state index is 0.0996. The van der Waals surface area contributed by atoms with Gasteiger partial charge in [0, 0.05) is 24.7 Å². The van der Waals surface area contributed by atoms with Gasteiger partial charge in [-0.1, -0.05) is 30.3 Å². The van der Waals surface area contributed by atoms with Crippen LogP contribution in [0.3, 0.4) is 0 Å². The van der Waals surface area contributed by atoms with Gasteiger partial charge in [0.1, 0.15) is 0 Å². The van der Waals surface area contributed by atoms with E-state index in [1.54, 1.807) is 31.0 Å². The van der Waals surface area contributed by atoms with Crippen LogP contribution in [0.4, 0.5) is 0 Å². The molecule has 0 bridgehead atoms. The SMILES string of the molecule is COc1ccc(-c2ccc(=O)n(CN3CC[C@@H](c4ccccc4)C3)n2)cc1OC. The summed E-state index contributed by atoms with van der Waals surface area (Å²) in [6.07, 6.45) is 1.09. The quantitative estimate of drug-likeness (QED) is 0.645. The topological polar surface area (TPSA) is 56.6 Å². The number of rotatable bonds is 6. The van der Waals surface area contributed by atoms with Gasteiger partial charge in [0.25, 0.3) is 5.56 Å². The van der Waals surface area contributed by atoms with E-state index in [0.29, 0.717) is 24.1 Å². The lowest BCUT2D eigenvalue weighted by Crippen LogP contribution is -2.32. The molecule has 4 rings (SSSR count). The summed E-state index contributed by atoms with van der Waals surface area (Å²) in [5, 5.41) is 4.60. The standard InChI is InChI=1S/C23H25N3O3/c1-28-21-10-8-18(14-22(21)29-2)20-9-11-23(27)26(24-20)16-25-13-12-19(15-25)17-6-4-3-5-7-17/h3-11,14,19H,12-13,15-16H2,1-2H3/t19-/m1/s1. The number of ether oxygens (including phenoxy) is 2. The van der Waals surface area contributed by atoms with Crippen molar-refractivity contribution in [3.05, 3.63) is 76.6 Å². The summed E-state index contributed by atoms with van der Waals surface area (Å²) in [6.45, 7) is 2.37. The molecule has 2 heterocycles. The third-order valence-corrected chi connectivity index (χ3v) is 5.42. The molecular formula is C23H25N3O3. The minimum atomic E-state index is -0.0996. The number of aromatic nitrogens is 2. The van der Waals surface area contributed by atoms with Crippen LogP contribution >= 0.6 is 0 Å². The fourth-order valence-corrected chi connectivity index (χ4v) is 3.85. The number of hydrogen-bond acceptors (Lipinski definition) is 5. The average molecular weight is 391 g/mol. The van der Waals surface area contributed by atoms with E-state index in [9.17, 15) is 4.79 Å². The van der Waals surface area contributed by atoms with E-state index in [2.05, 4.69) is 34.3 Å². The Labute approximate surface area is 170 Å². The number of likely N-dealkylation sites (tertiary alicyclic amines) is 1. The number of methoxy groups -OCH3 is 2. The zero-order valence-corrected chi connectivity index (χ0v) is 16.7. The Morgan fingerprint density at radius 1 is 1.00 bits per heavy atom. The van der Waals surface area contributed by atoms with Gasteiger partial charge in [-0.3, -0.25) is 9.69 Å². The molecule has 0 radical (unpaired) electrons. The predicted molar refractivity (Wildman–Crippen MR) is 112 cm³/mol. The Morgan fingerprint density at radius 2 is 1.79 bits per heavy atom. The van der Waals surface area contributed by atoms with Crippen molar-refractivity contribution in [1.29, 1.82) is 0 Å². The van der Waals surface area contributed by atoms with Crippen molar-refractivity contribution in [3.8, 4) is 22.8 Å². The molecule has 0 unspecified atom stereocenters. The number of nitrogens with zero attached hydrogens (tertiary/aromatic N) is 3. The van der Waals surface area contributed by atoms with E-state index in [0.717, 1.165) is 30.8 Å². The van der Waals surface area contributed by atoms with Crippen LogP contribution in [0, 0.1) is 0 Å². The van der Waals surface area contributed by atoms with E-state index in [4.69, 9.17) is 9.47 Å². The highest BCUT2D eigenvalue weighted by Gasteiger charge is 2.24. The maximum atomic E-state index is 12.4. The van der Waals surface area contributed by atoms with Crippen LogP contribution in [0.2, 0.25) is 0 Å². The molecule has 1 aliphatic heterocycles. The molecule has 6 heteroatoms. The van der Waals surface area contributed by atoms with Crippen LogP contribution in [0.25, 0.3) is 11.3 Å². The zero-order valence-electron chi connectivity index (χ0n) is 16.7. The lowest BCUT2D eigenvalue weighted by molar-refractivity contribution is 0.246. The van der Waals surface area contributed by atoms with Gasteiger partial charge >= 0.3 is 0 Å². The molecule has 0 N–H and O–H groups in total. The fraction of sp³-hybridized carbons (Fsp3) is 0.304. The highest BCUT2D eigenvalue weighted by atomic mass is 16.5. The Hall–Kier alpha value is -3.12. The predicted octanol–water partition coefficient (Wildman–Crippen LogP) is 3.37. The largest absolute Gasteiger partial charge is 0.493 e. The number of hydrogen-bond donors (Lipinski definition) is 0. The summed E-state index contributed by atoms with van der Waals surface area (Å²) in [5.74, 6) is 1.80. The summed E-state index contributed by atoms with van der Waals surface area (Å²) in [6, 6.07) is 19.5. The van der Waals surface area contributed by atoms with Crippen molar-refractivity contribution < 1.29 is 9.47 Å². The molecule has 1 aromatic heterocycles. The second-order valence-corrected chi connectivity index (χ2v) is 7.24. The van der Waals surface area contributed by atoms with Gasteiger partial charge < -0.3 is 9.47 Å². The molecule has 0 saturated carbocycles. The van der Waals surface area contributed by atoms with Crippen LogP contribution in [0.1, 0.15) is 17.9 Å². The molecule has 0 amide bonds. The normalized spacial score (nSPS) is 16.7. The molecule has 0 spiro atoms. The lowest BCUT2D eigenvalue weighted by Gasteiger charge is -2.17. The van der Waals surface area contributed by atoms with Gasteiger partial charge in [-0.05, 0) is 42.2 Å². The van der Waals surface area contributed by atoms with E-state index >= 15 is 0 Å². The summed E-state index contributed by atoms with van der Waals surface area (Å²) in [5.41, 5.74) is 2.86. The first-order valence-electron chi connectivity index (χ1n) is 9.76. The molecule has 1 aliphatic rings. The molecule has 1 fully saturated rings. The molecule has 6 nitrogen and oxygen atoms in total. The molecule has 1 atom stereocenters. The van der Waals surface area contributed by atoms with Gasteiger partial charge in [0.05, 0.1) is 26.6 Å². The molecule has 150 valence electrons. The summed E-state index contributed by atoms with van der Waals surface area (Å²) >= 11 is 0. The fourth-order valence-electron chi connectivity index (χ4n) is 3.85. The minimum Gasteiger partial charge on any atom is -0.493 e. The van der Waals surface area contributed by atoms with E-state index < -0.39 is 0 Å². The first kappa shape index (κ1) is 19.2. The first-order chi connectivity index (χ1) is 14.2. The second-order valence-electron chi connectivity index (χ2n) is 7.24. The maximum absolute atomic E-state index is 12.4. The van der Waals surface area contributed by atoms with Gasteiger partial charge in [0.15, 0.2) is 11.5 Å². The highest BCUT2D eigenvalue weighted by Crippen LogP contribution is 2.31. The van der Waals surface area contributed by atoms with Crippen molar-refractivity contribution in [2.45, 2.75) is 19.0 Å². The third kappa shape index (κ3) is 4.17. The van der Waals surface area contributed by atoms with Gasteiger partial charge in [0.2, 0.25) is 0 Å².